The van der Waals surface area contributed by atoms with Crippen LogP contribution in [0.4, 0.5) is 0 Å². The van der Waals surface area contributed by atoms with Crippen molar-refractivity contribution in [3.63, 3.8) is 0 Å². The molecule has 7 N–H and O–H groups in total. The number of ketones is 1. The molecule has 1 heterocycles. The summed E-state index contributed by atoms with van der Waals surface area (Å²) in [6.07, 6.45) is 0.838. The van der Waals surface area contributed by atoms with E-state index in [0.29, 0.717) is 29.8 Å². The lowest BCUT2D eigenvalue weighted by molar-refractivity contribution is -0.143. The van der Waals surface area contributed by atoms with Crippen molar-refractivity contribution in [1.29, 1.82) is 0 Å². The molecule has 310 valence electrons. The van der Waals surface area contributed by atoms with E-state index >= 15 is 0 Å². The smallest absolute Gasteiger partial charge is 0.335 e. The molecule has 0 aromatic heterocycles. The van der Waals surface area contributed by atoms with E-state index in [4.69, 9.17) is 22.1 Å². The third kappa shape index (κ3) is 13.1. The minimum atomic E-state index is -1.33. The van der Waals surface area contributed by atoms with Crippen molar-refractivity contribution in [1.82, 2.24) is 26.2 Å². The average Bonchev–Trinajstić information content (AvgIpc) is 3.57. The fraction of sp³-hybridized carbons (Fsp3) is 0.500. The van der Waals surface area contributed by atoms with Gasteiger partial charge in [-0.15, -0.1) is 0 Å². The van der Waals surface area contributed by atoms with Crippen molar-refractivity contribution >= 4 is 58.8 Å². The number of rotatable bonds is 19. The number of carbonyl (C=O) groups is 8. The number of carboxylic acids is 1. The molecule has 1 fully saturated rings. The number of ether oxygens (including phenoxy) is 1. The largest absolute Gasteiger partial charge is 0.478 e. The number of hydrogen-bond acceptors (Lipinski definition) is 9. The highest BCUT2D eigenvalue weighted by molar-refractivity contribution is 6.38. The van der Waals surface area contributed by atoms with Crippen LogP contribution in [0.25, 0.3) is 0 Å². The van der Waals surface area contributed by atoms with Gasteiger partial charge in [-0.1, -0.05) is 69.8 Å². The predicted octanol–water partition coefficient (Wildman–Crippen LogP) is 2.67. The molecule has 2 aromatic carbocycles. The molecule has 3 rings (SSSR count). The van der Waals surface area contributed by atoms with Gasteiger partial charge in [0.05, 0.1) is 29.9 Å². The first-order valence-electron chi connectivity index (χ1n) is 18.9. The Balaban J connectivity index is 1.81. The summed E-state index contributed by atoms with van der Waals surface area (Å²) < 4.78 is 6.19. The molecule has 1 aliphatic heterocycles. The van der Waals surface area contributed by atoms with Crippen LogP contribution in [0.2, 0.25) is 5.02 Å². The van der Waals surface area contributed by atoms with Crippen molar-refractivity contribution in [3.8, 4) is 0 Å². The molecule has 57 heavy (non-hydrogen) atoms. The quantitative estimate of drug-likeness (QED) is 0.113. The molecule has 2 unspecified atom stereocenters. The normalized spacial score (nSPS) is 16.9. The van der Waals surface area contributed by atoms with Gasteiger partial charge in [0.15, 0.2) is 0 Å². The molecule has 5 atom stereocenters. The summed E-state index contributed by atoms with van der Waals surface area (Å²) in [5.41, 5.74) is 5.05. The van der Waals surface area contributed by atoms with Crippen LogP contribution in [0, 0.1) is 5.92 Å². The number of carbonyl (C=O) groups excluding carboxylic acids is 7. The zero-order valence-electron chi connectivity index (χ0n) is 33.1. The Labute approximate surface area is 337 Å². The van der Waals surface area contributed by atoms with Crippen LogP contribution in [-0.4, -0.2) is 100 Å². The molecule has 1 saturated heterocycles. The van der Waals surface area contributed by atoms with E-state index in [0.717, 1.165) is 0 Å². The van der Waals surface area contributed by atoms with E-state index in [2.05, 4.69) is 21.3 Å². The first-order chi connectivity index (χ1) is 26.8. The number of Topliss-reactive ketones (excluding diaryl/α,β-unsaturated/α-hetero) is 1. The number of benzene rings is 2. The van der Waals surface area contributed by atoms with Crippen LogP contribution >= 0.6 is 11.6 Å². The maximum absolute atomic E-state index is 14.5. The molecule has 0 spiro atoms. The Bertz CT molecular complexity index is 1830. The van der Waals surface area contributed by atoms with Crippen LogP contribution < -0.4 is 27.0 Å². The number of nitrogens with one attached hydrogen (secondary N) is 4. The van der Waals surface area contributed by atoms with E-state index < -0.39 is 89.6 Å². The van der Waals surface area contributed by atoms with Gasteiger partial charge in [-0.2, -0.15) is 0 Å². The second-order valence-electron chi connectivity index (χ2n) is 14.9. The molecule has 17 heteroatoms. The Morgan fingerprint density at radius 1 is 0.930 bits per heavy atom. The van der Waals surface area contributed by atoms with Crippen LogP contribution in [0.5, 0.6) is 0 Å². The molecular formula is C40H53ClN6O10. The molecule has 0 saturated carbocycles. The third-order valence-corrected chi connectivity index (χ3v) is 9.66. The van der Waals surface area contributed by atoms with Crippen LogP contribution in [0.15, 0.2) is 48.5 Å². The molecule has 0 radical (unpaired) electrons. The average molecular weight is 813 g/mol. The van der Waals surface area contributed by atoms with E-state index in [1.165, 1.54) is 41.3 Å². The van der Waals surface area contributed by atoms with E-state index in [1.807, 2.05) is 34.6 Å². The summed E-state index contributed by atoms with van der Waals surface area (Å²) in [5, 5.41) is 19.8. The first kappa shape index (κ1) is 46.0. The Kier molecular flexibility index (Phi) is 16.7. The van der Waals surface area contributed by atoms with Crippen molar-refractivity contribution in [2.45, 2.75) is 110 Å². The molecule has 0 aliphatic carbocycles. The van der Waals surface area contributed by atoms with Gasteiger partial charge in [-0.25, -0.2) is 4.79 Å². The zero-order chi connectivity index (χ0) is 42.6. The Morgan fingerprint density at radius 3 is 2.16 bits per heavy atom. The fourth-order valence-corrected chi connectivity index (χ4v) is 6.86. The van der Waals surface area contributed by atoms with Gasteiger partial charge in [0.25, 0.3) is 11.8 Å². The van der Waals surface area contributed by atoms with Crippen LogP contribution in [-0.2, 0) is 33.5 Å². The van der Waals surface area contributed by atoms with Gasteiger partial charge in [0, 0.05) is 23.6 Å². The summed E-state index contributed by atoms with van der Waals surface area (Å²) in [4.78, 5) is 106. The third-order valence-electron chi connectivity index (χ3n) is 9.43. The molecule has 1 aliphatic rings. The molecule has 0 bridgehead atoms. The van der Waals surface area contributed by atoms with E-state index in [-0.39, 0.29) is 36.4 Å². The Hall–Kier alpha value is -5.35. The van der Waals surface area contributed by atoms with Gasteiger partial charge in [0.1, 0.15) is 18.1 Å². The van der Waals surface area contributed by atoms with Gasteiger partial charge >= 0.3 is 5.97 Å². The highest BCUT2D eigenvalue weighted by Gasteiger charge is 2.45. The van der Waals surface area contributed by atoms with Crippen molar-refractivity contribution < 1.29 is 48.2 Å². The summed E-state index contributed by atoms with van der Waals surface area (Å²) >= 11 is 6.00. The lowest BCUT2D eigenvalue weighted by Gasteiger charge is -2.33. The van der Waals surface area contributed by atoms with Crippen molar-refractivity contribution in [3.05, 3.63) is 70.2 Å². The number of amides is 6. The predicted molar refractivity (Wildman–Crippen MR) is 210 cm³/mol. The van der Waals surface area contributed by atoms with Gasteiger partial charge in [-0.05, 0) is 69.0 Å². The first-order valence-corrected chi connectivity index (χ1v) is 19.3. The molecule has 6 amide bonds. The zero-order valence-corrected chi connectivity index (χ0v) is 33.8. The topological polar surface area (TPSA) is 243 Å². The number of nitrogens with two attached hydrogens (primary N) is 1. The van der Waals surface area contributed by atoms with Crippen molar-refractivity contribution in [2.75, 3.05) is 13.1 Å². The number of carboxylic acid groups (broad SMARTS) is 1. The van der Waals surface area contributed by atoms with Gasteiger partial charge in [0.2, 0.25) is 29.4 Å². The molecular weight excluding hydrogens is 760 g/mol. The fourth-order valence-electron chi connectivity index (χ4n) is 6.66. The van der Waals surface area contributed by atoms with Crippen LogP contribution in [0.1, 0.15) is 106 Å². The van der Waals surface area contributed by atoms with E-state index in [1.54, 1.807) is 19.1 Å². The van der Waals surface area contributed by atoms with Gasteiger partial charge in [-0.3, -0.25) is 33.6 Å². The standard InChI is InChI=1S/C40H53ClN6O10/c1-7-12-28(33(49)37(53)43-20-30(48)45-31(34(42)50)23-13-11-16-26(41)18-23)44-36(52)29-19-27(57-40(4,5)6)21-47(29)38(54)32(22(8-2)9-3)46-35(51)24-14-10-15-25(17-24)39(55)56/h10-11,13-18,22,27-29,31-32H,7-9,12,19-21H2,1-6H3,(H2,42,50)(H,43,53)(H,44,52)(H,45,48)(H,46,51)(H,55,56)/t27-,28?,29+,31?,32+/m1/s1. The van der Waals surface area contributed by atoms with Gasteiger partial charge < -0.3 is 41.7 Å². The monoisotopic (exact) mass is 812 g/mol. The highest BCUT2D eigenvalue weighted by atomic mass is 35.5. The minimum absolute atomic E-state index is 0.0152. The second-order valence-corrected chi connectivity index (χ2v) is 15.3. The lowest BCUT2D eigenvalue weighted by atomic mass is 9.92. The number of nitrogens with zero attached hydrogens (tertiary/aromatic N) is 1. The number of halogens is 1. The highest BCUT2D eigenvalue weighted by Crippen LogP contribution is 2.28. The van der Waals surface area contributed by atoms with Crippen LogP contribution in [0.3, 0.4) is 0 Å². The lowest BCUT2D eigenvalue weighted by Crippen LogP contribution is -2.57. The molecule has 2 aromatic rings. The number of primary amides is 1. The number of aromatic carboxylic acids is 1. The number of hydrogen-bond donors (Lipinski definition) is 6. The van der Waals surface area contributed by atoms with Crippen molar-refractivity contribution in [2.24, 2.45) is 11.7 Å². The number of likely N-dealkylation sites (tertiary alicyclic amines) is 1. The maximum atomic E-state index is 14.5. The summed E-state index contributed by atoms with van der Waals surface area (Å²) in [5.74, 6) is -7.47. The summed E-state index contributed by atoms with van der Waals surface area (Å²) in [7, 11) is 0. The maximum Gasteiger partial charge on any atom is 0.335 e. The Morgan fingerprint density at radius 2 is 1.58 bits per heavy atom. The van der Waals surface area contributed by atoms with E-state index in [9.17, 15) is 43.5 Å². The summed E-state index contributed by atoms with van der Waals surface area (Å²) in [6.45, 7) is 10.2. The minimum Gasteiger partial charge on any atom is -0.478 e. The molecule has 16 nitrogen and oxygen atoms in total. The second kappa shape index (κ2) is 20.7. The SMILES string of the molecule is CCCC(NC(=O)[C@@H]1C[C@@H](OC(C)(C)C)CN1C(=O)[C@@H](NC(=O)c1cccc(C(=O)O)c1)C(CC)CC)C(=O)C(=O)NCC(=O)NC(C(N)=O)c1cccc(Cl)c1. The summed E-state index contributed by atoms with van der Waals surface area (Å²) in [6, 6.07) is 6.65.